The monoisotopic (exact) mass is 364 g/mol. The predicted octanol–water partition coefficient (Wildman–Crippen LogP) is 3.22. The van der Waals surface area contributed by atoms with Crippen molar-refractivity contribution in [1.82, 2.24) is 5.32 Å². The van der Waals surface area contributed by atoms with E-state index in [1.165, 1.54) is 11.3 Å². The highest BCUT2D eigenvalue weighted by molar-refractivity contribution is 7.16. The molecule has 0 radical (unpaired) electrons. The molecule has 1 aromatic heterocycles. The smallest absolute Gasteiger partial charge is 0.267 e. The summed E-state index contributed by atoms with van der Waals surface area (Å²) in [4.78, 5) is 27.0. The number of nitrogens with zero attached hydrogens (tertiary/aromatic N) is 1. The Balaban J connectivity index is 1.59. The fraction of sp³-hybridized carbons (Fsp3) is 0.294. The van der Waals surface area contributed by atoms with Crippen molar-refractivity contribution in [2.24, 2.45) is 0 Å². The van der Waals surface area contributed by atoms with Crippen LogP contribution in [0.1, 0.15) is 18.2 Å². The minimum atomic E-state index is -0.545. The molecule has 5 nitrogen and oxygen atoms in total. The van der Waals surface area contributed by atoms with Gasteiger partial charge < -0.3 is 15.0 Å². The van der Waals surface area contributed by atoms with Crippen molar-refractivity contribution in [2.75, 3.05) is 11.4 Å². The molecular weight excluding hydrogens is 348 g/mol. The van der Waals surface area contributed by atoms with E-state index in [1.807, 2.05) is 30.3 Å². The van der Waals surface area contributed by atoms with Gasteiger partial charge in [0.2, 0.25) is 5.91 Å². The van der Waals surface area contributed by atoms with Gasteiger partial charge in [-0.15, -0.1) is 11.3 Å². The van der Waals surface area contributed by atoms with Gasteiger partial charge in [0.05, 0.1) is 16.6 Å². The number of amides is 2. The van der Waals surface area contributed by atoms with Crippen LogP contribution in [0.5, 0.6) is 5.75 Å². The molecule has 126 valence electrons. The van der Waals surface area contributed by atoms with Gasteiger partial charge in [0, 0.05) is 17.8 Å². The summed E-state index contributed by atoms with van der Waals surface area (Å²) in [7, 11) is 0. The summed E-state index contributed by atoms with van der Waals surface area (Å²) < 4.78 is 6.28. The Morgan fingerprint density at radius 3 is 2.88 bits per heavy atom. The molecule has 0 saturated heterocycles. The van der Waals surface area contributed by atoms with Gasteiger partial charge in [-0.2, -0.15) is 0 Å². The number of hydrogen-bond acceptors (Lipinski definition) is 4. The van der Waals surface area contributed by atoms with Gasteiger partial charge in [0.25, 0.3) is 5.91 Å². The van der Waals surface area contributed by atoms with E-state index in [0.717, 1.165) is 4.88 Å². The normalized spacial score (nSPS) is 16.5. The zero-order valence-corrected chi connectivity index (χ0v) is 14.7. The third-order valence-electron chi connectivity index (χ3n) is 3.72. The van der Waals surface area contributed by atoms with E-state index in [9.17, 15) is 9.59 Å². The molecule has 3 rings (SSSR count). The lowest BCUT2D eigenvalue weighted by atomic mass is 10.1. The van der Waals surface area contributed by atoms with E-state index in [2.05, 4.69) is 5.32 Å². The van der Waals surface area contributed by atoms with Gasteiger partial charge in [-0.05, 0) is 31.2 Å². The number of thiophene rings is 1. The first-order valence-electron chi connectivity index (χ1n) is 7.62. The molecular formula is C17H17ClN2O3S. The molecule has 7 heteroatoms. The summed E-state index contributed by atoms with van der Waals surface area (Å²) in [6.45, 7) is 2.48. The average molecular weight is 365 g/mol. The first kappa shape index (κ1) is 16.8. The van der Waals surface area contributed by atoms with E-state index >= 15 is 0 Å². The topological polar surface area (TPSA) is 58.6 Å². The Bertz CT molecular complexity index is 762. The molecule has 1 aliphatic heterocycles. The van der Waals surface area contributed by atoms with Crippen LogP contribution in [0.3, 0.4) is 0 Å². The van der Waals surface area contributed by atoms with Crippen LogP contribution in [0.15, 0.2) is 36.4 Å². The number of para-hydroxylation sites is 2. The Morgan fingerprint density at radius 2 is 2.12 bits per heavy atom. The largest absolute Gasteiger partial charge is 0.479 e. The number of carbonyl (C=O) groups is 2. The minimum Gasteiger partial charge on any atom is -0.479 e. The van der Waals surface area contributed by atoms with Gasteiger partial charge in [-0.3, -0.25) is 9.59 Å². The summed E-state index contributed by atoms with van der Waals surface area (Å²) in [6.07, 6.45) is -0.317. The molecule has 2 amide bonds. The molecule has 0 aliphatic carbocycles. The van der Waals surface area contributed by atoms with Crippen molar-refractivity contribution >= 4 is 40.4 Å². The lowest BCUT2D eigenvalue weighted by Gasteiger charge is -2.32. The number of nitrogens with one attached hydrogen (secondary N) is 1. The van der Waals surface area contributed by atoms with Gasteiger partial charge in [-0.25, -0.2) is 0 Å². The van der Waals surface area contributed by atoms with Crippen LogP contribution < -0.4 is 15.0 Å². The maximum Gasteiger partial charge on any atom is 0.267 e. The van der Waals surface area contributed by atoms with Crippen LogP contribution in [0.25, 0.3) is 0 Å². The first-order valence-corrected chi connectivity index (χ1v) is 8.82. The maximum atomic E-state index is 12.3. The van der Waals surface area contributed by atoms with Gasteiger partial charge in [0.15, 0.2) is 6.10 Å². The number of carbonyl (C=O) groups excluding carboxylic acids is 2. The van der Waals surface area contributed by atoms with E-state index in [-0.39, 0.29) is 18.2 Å². The Labute approximate surface area is 149 Å². The van der Waals surface area contributed by atoms with Crippen LogP contribution >= 0.6 is 22.9 Å². The average Bonchev–Trinajstić information content (AvgIpc) is 2.99. The molecule has 1 N–H and O–H groups in total. The van der Waals surface area contributed by atoms with Gasteiger partial charge in [-0.1, -0.05) is 23.7 Å². The highest BCUT2D eigenvalue weighted by Crippen LogP contribution is 2.33. The van der Waals surface area contributed by atoms with Crippen LogP contribution in [0.2, 0.25) is 4.34 Å². The second-order valence-electron chi connectivity index (χ2n) is 5.45. The Morgan fingerprint density at radius 1 is 1.33 bits per heavy atom. The second-order valence-corrected chi connectivity index (χ2v) is 7.25. The van der Waals surface area contributed by atoms with Crippen molar-refractivity contribution < 1.29 is 14.3 Å². The number of fused-ring (bicyclic) bond motifs is 1. The van der Waals surface area contributed by atoms with Crippen LogP contribution in [0.4, 0.5) is 5.69 Å². The Kier molecular flexibility index (Phi) is 5.06. The van der Waals surface area contributed by atoms with Crippen molar-refractivity contribution in [2.45, 2.75) is 26.0 Å². The molecule has 0 fully saturated rings. The number of anilines is 1. The highest BCUT2D eigenvalue weighted by Gasteiger charge is 2.31. The highest BCUT2D eigenvalue weighted by atomic mass is 35.5. The van der Waals surface area contributed by atoms with Gasteiger partial charge >= 0.3 is 0 Å². The zero-order chi connectivity index (χ0) is 17.1. The van der Waals surface area contributed by atoms with Crippen molar-refractivity contribution in [3.8, 4) is 5.75 Å². The van der Waals surface area contributed by atoms with E-state index < -0.39 is 6.10 Å². The number of ether oxygens (including phenoxy) is 1. The summed E-state index contributed by atoms with van der Waals surface area (Å²) in [5.74, 6) is 0.425. The minimum absolute atomic E-state index is 0.107. The third-order valence-corrected chi connectivity index (χ3v) is 4.96. The van der Waals surface area contributed by atoms with Crippen LogP contribution in [-0.4, -0.2) is 24.5 Å². The van der Waals surface area contributed by atoms with Crippen molar-refractivity contribution in [3.05, 3.63) is 45.6 Å². The first-order chi connectivity index (χ1) is 11.5. The standard InChI is InChI=1S/C17H17ClN2O3S/c1-11-17(22)20(13-4-2-3-5-14(13)23-11)9-8-16(21)19-10-12-6-7-15(18)24-12/h2-7,11H,8-10H2,1H3,(H,19,21). The maximum absolute atomic E-state index is 12.3. The van der Waals surface area contributed by atoms with E-state index in [0.29, 0.717) is 28.9 Å². The quantitative estimate of drug-likeness (QED) is 0.886. The molecule has 1 aromatic carbocycles. The van der Waals surface area contributed by atoms with Crippen molar-refractivity contribution in [3.63, 3.8) is 0 Å². The molecule has 24 heavy (non-hydrogen) atoms. The summed E-state index contributed by atoms with van der Waals surface area (Å²) in [5.41, 5.74) is 0.707. The Hall–Kier alpha value is -2.05. The number of benzene rings is 1. The summed E-state index contributed by atoms with van der Waals surface area (Å²) in [5, 5.41) is 2.85. The molecule has 0 spiro atoms. The molecule has 1 aliphatic rings. The van der Waals surface area contributed by atoms with E-state index in [4.69, 9.17) is 16.3 Å². The summed E-state index contributed by atoms with van der Waals surface area (Å²) >= 11 is 7.30. The number of hydrogen-bond donors (Lipinski definition) is 1. The van der Waals surface area contributed by atoms with E-state index in [1.54, 1.807) is 17.9 Å². The fourth-order valence-electron chi connectivity index (χ4n) is 2.52. The van der Waals surface area contributed by atoms with Crippen molar-refractivity contribution in [1.29, 1.82) is 0 Å². The van der Waals surface area contributed by atoms with Crippen LogP contribution in [-0.2, 0) is 16.1 Å². The molecule has 1 atom stereocenters. The lowest BCUT2D eigenvalue weighted by Crippen LogP contribution is -2.45. The second kappa shape index (κ2) is 7.23. The molecule has 2 heterocycles. The summed E-state index contributed by atoms with van der Waals surface area (Å²) in [6, 6.07) is 11.0. The number of halogens is 1. The fourth-order valence-corrected chi connectivity index (χ4v) is 3.55. The predicted molar refractivity (Wildman–Crippen MR) is 94.7 cm³/mol. The molecule has 2 aromatic rings. The lowest BCUT2D eigenvalue weighted by molar-refractivity contribution is -0.125. The SMILES string of the molecule is CC1Oc2ccccc2N(CCC(=O)NCc2ccc(Cl)s2)C1=O. The van der Waals surface area contributed by atoms with Gasteiger partial charge in [0.1, 0.15) is 5.75 Å². The molecule has 0 bridgehead atoms. The molecule has 0 saturated carbocycles. The zero-order valence-electron chi connectivity index (χ0n) is 13.1. The third kappa shape index (κ3) is 3.71. The van der Waals surface area contributed by atoms with Crippen LogP contribution in [0, 0.1) is 0 Å². The molecule has 1 unspecified atom stereocenters. The number of rotatable bonds is 5.